The first-order valence-corrected chi connectivity index (χ1v) is 6.40. The van der Waals surface area contributed by atoms with Crippen molar-refractivity contribution in [3.63, 3.8) is 0 Å². The molecule has 0 aliphatic carbocycles. The van der Waals surface area contributed by atoms with Crippen LogP contribution in [0.3, 0.4) is 0 Å². The SMILES string of the molecule is Nc1cc(F)cc(S(=O)Cc2cncc(F)c2)c1. The van der Waals surface area contributed by atoms with Crippen LogP contribution < -0.4 is 5.73 Å². The van der Waals surface area contributed by atoms with Crippen LogP contribution in [-0.2, 0) is 16.6 Å². The summed E-state index contributed by atoms with van der Waals surface area (Å²) in [6, 6.07) is 4.98. The number of benzene rings is 1. The molecule has 18 heavy (non-hydrogen) atoms. The van der Waals surface area contributed by atoms with Gasteiger partial charge in [0, 0.05) is 16.8 Å². The highest BCUT2D eigenvalue weighted by Crippen LogP contribution is 2.17. The van der Waals surface area contributed by atoms with Crippen molar-refractivity contribution >= 4 is 16.5 Å². The molecule has 2 aromatic rings. The molecule has 0 spiro atoms. The number of pyridine rings is 1. The molecule has 1 aromatic carbocycles. The molecule has 0 radical (unpaired) electrons. The van der Waals surface area contributed by atoms with E-state index < -0.39 is 22.4 Å². The van der Waals surface area contributed by atoms with Crippen LogP contribution in [0.1, 0.15) is 5.56 Å². The summed E-state index contributed by atoms with van der Waals surface area (Å²) in [4.78, 5) is 3.93. The molecule has 1 aromatic heterocycles. The second kappa shape index (κ2) is 5.22. The smallest absolute Gasteiger partial charge is 0.141 e. The van der Waals surface area contributed by atoms with Gasteiger partial charge in [0.2, 0.25) is 0 Å². The van der Waals surface area contributed by atoms with Gasteiger partial charge in [0.25, 0.3) is 0 Å². The van der Waals surface area contributed by atoms with Gasteiger partial charge in [-0.1, -0.05) is 0 Å². The second-order valence-electron chi connectivity index (χ2n) is 3.72. The number of rotatable bonds is 3. The van der Waals surface area contributed by atoms with E-state index in [4.69, 9.17) is 5.73 Å². The summed E-state index contributed by atoms with van der Waals surface area (Å²) in [7, 11) is -1.49. The van der Waals surface area contributed by atoms with Crippen molar-refractivity contribution in [3.8, 4) is 0 Å². The van der Waals surface area contributed by atoms with Gasteiger partial charge in [-0.25, -0.2) is 8.78 Å². The summed E-state index contributed by atoms with van der Waals surface area (Å²) in [5.41, 5.74) is 6.15. The molecular weight excluding hydrogens is 258 g/mol. The number of aromatic nitrogens is 1. The van der Waals surface area contributed by atoms with Crippen LogP contribution in [0.2, 0.25) is 0 Å². The molecule has 6 heteroatoms. The first-order valence-electron chi connectivity index (χ1n) is 5.08. The average molecular weight is 268 g/mol. The Bertz CT molecular complexity index is 584. The van der Waals surface area contributed by atoms with Crippen LogP contribution in [-0.4, -0.2) is 9.19 Å². The maximum Gasteiger partial charge on any atom is 0.141 e. The number of halogens is 2. The van der Waals surface area contributed by atoms with E-state index >= 15 is 0 Å². The molecule has 94 valence electrons. The molecule has 1 heterocycles. The minimum absolute atomic E-state index is 0.0631. The van der Waals surface area contributed by atoms with Crippen LogP contribution in [0.15, 0.2) is 41.6 Å². The Morgan fingerprint density at radius 2 is 1.89 bits per heavy atom. The standard InChI is InChI=1S/C12H10F2N2OS/c13-9-2-11(15)4-12(3-9)18(17)7-8-1-10(14)6-16-5-8/h1-6H,7,15H2. The fourth-order valence-corrected chi connectivity index (χ4v) is 2.62. The molecule has 0 amide bonds. The molecule has 0 aliphatic rings. The maximum atomic E-state index is 13.1. The Morgan fingerprint density at radius 1 is 1.11 bits per heavy atom. The highest BCUT2D eigenvalue weighted by Gasteiger charge is 2.08. The van der Waals surface area contributed by atoms with Gasteiger partial charge in [0.1, 0.15) is 11.6 Å². The van der Waals surface area contributed by atoms with Crippen molar-refractivity contribution in [2.45, 2.75) is 10.6 Å². The maximum absolute atomic E-state index is 13.1. The molecule has 1 atom stereocenters. The largest absolute Gasteiger partial charge is 0.399 e. The number of nitrogens with zero attached hydrogens (tertiary/aromatic N) is 1. The van der Waals surface area contributed by atoms with Crippen molar-refractivity contribution in [2.24, 2.45) is 0 Å². The minimum Gasteiger partial charge on any atom is -0.399 e. The summed E-state index contributed by atoms with van der Waals surface area (Å²) in [5.74, 6) is -0.979. The van der Waals surface area contributed by atoms with Gasteiger partial charge in [-0.3, -0.25) is 9.19 Å². The first-order chi connectivity index (χ1) is 8.54. The summed E-state index contributed by atoms with van der Waals surface area (Å²) in [6.45, 7) is 0. The van der Waals surface area contributed by atoms with E-state index in [1.54, 1.807) is 0 Å². The zero-order chi connectivity index (χ0) is 13.1. The van der Waals surface area contributed by atoms with Crippen LogP contribution >= 0.6 is 0 Å². The van der Waals surface area contributed by atoms with Crippen LogP contribution in [0, 0.1) is 11.6 Å². The van der Waals surface area contributed by atoms with Gasteiger partial charge in [-0.05, 0) is 29.8 Å². The van der Waals surface area contributed by atoms with E-state index in [9.17, 15) is 13.0 Å². The van der Waals surface area contributed by atoms with E-state index in [2.05, 4.69) is 4.98 Å². The van der Waals surface area contributed by atoms with E-state index in [0.29, 0.717) is 5.56 Å². The van der Waals surface area contributed by atoms with Crippen molar-refractivity contribution in [2.75, 3.05) is 5.73 Å². The van der Waals surface area contributed by atoms with Gasteiger partial charge < -0.3 is 5.73 Å². The van der Waals surface area contributed by atoms with Crippen molar-refractivity contribution < 1.29 is 13.0 Å². The molecule has 0 fully saturated rings. The van der Waals surface area contributed by atoms with E-state index in [1.165, 1.54) is 18.3 Å². The molecule has 0 aliphatic heterocycles. The summed E-state index contributed by atoms with van der Waals surface area (Å²) >= 11 is 0. The van der Waals surface area contributed by atoms with Gasteiger partial charge in [-0.2, -0.15) is 0 Å². The molecular formula is C12H10F2N2OS. The minimum atomic E-state index is -1.49. The Balaban J connectivity index is 2.22. The predicted molar refractivity (Wildman–Crippen MR) is 65.1 cm³/mol. The van der Waals surface area contributed by atoms with Crippen LogP contribution in [0.25, 0.3) is 0 Å². The van der Waals surface area contributed by atoms with Crippen molar-refractivity contribution in [1.82, 2.24) is 4.98 Å². The quantitative estimate of drug-likeness (QED) is 0.869. The van der Waals surface area contributed by atoms with Crippen LogP contribution in [0.4, 0.5) is 14.5 Å². The fourth-order valence-electron chi connectivity index (χ4n) is 1.49. The molecule has 0 saturated heterocycles. The Kier molecular flexibility index (Phi) is 3.66. The van der Waals surface area contributed by atoms with Gasteiger partial charge >= 0.3 is 0 Å². The third-order valence-electron chi connectivity index (χ3n) is 2.22. The second-order valence-corrected chi connectivity index (χ2v) is 5.17. The van der Waals surface area contributed by atoms with Crippen LogP contribution in [0.5, 0.6) is 0 Å². The third-order valence-corrected chi connectivity index (χ3v) is 3.57. The molecule has 0 saturated carbocycles. The lowest BCUT2D eigenvalue weighted by Crippen LogP contribution is -1.99. The average Bonchev–Trinajstić information content (AvgIpc) is 2.27. The zero-order valence-electron chi connectivity index (χ0n) is 9.27. The monoisotopic (exact) mass is 268 g/mol. The fraction of sp³-hybridized carbons (Fsp3) is 0.0833. The van der Waals surface area contributed by atoms with Gasteiger partial charge in [-0.15, -0.1) is 0 Å². The normalized spacial score (nSPS) is 12.3. The Labute approximate surface area is 105 Å². The third kappa shape index (κ3) is 3.10. The molecule has 2 N–H and O–H groups in total. The number of anilines is 1. The number of hydrogen-bond acceptors (Lipinski definition) is 3. The zero-order valence-corrected chi connectivity index (χ0v) is 10.1. The Morgan fingerprint density at radius 3 is 2.56 bits per heavy atom. The van der Waals surface area contributed by atoms with Crippen molar-refractivity contribution in [3.05, 3.63) is 53.9 Å². The van der Waals surface area contributed by atoms with Crippen molar-refractivity contribution in [1.29, 1.82) is 0 Å². The summed E-state index contributed by atoms with van der Waals surface area (Å²) in [5, 5.41) is 0. The number of nitrogens with two attached hydrogens (primary N) is 1. The van der Waals surface area contributed by atoms with E-state index in [1.807, 2.05) is 0 Å². The first kappa shape index (κ1) is 12.6. The lowest BCUT2D eigenvalue weighted by molar-refractivity contribution is 0.619. The van der Waals surface area contributed by atoms with E-state index in [-0.39, 0.29) is 16.3 Å². The van der Waals surface area contributed by atoms with Gasteiger partial charge in [0.15, 0.2) is 0 Å². The summed E-state index contributed by atoms with van der Waals surface area (Å²) < 4.78 is 38.0. The molecule has 3 nitrogen and oxygen atoms in total. The molecule has 0 bridgehead atoms. The van der Waals surface area contributed by atoms with E-state index in [0.717, 1.165) is 18.3 Å². The number of nitrogen functional groups attached to an aromatic ring is 1. The summed E-state index contributed by atoms with van der Waals surface area (Å²) in [6.07, 6.45) is 2.48. The lowest BCUT2D eigenvalue weighted by Gasteiger charge is -2.04. The lowest BCUT2D eigenvalue weighted by atomic mass is 10.3. The molecule has 1 unspecified atom stereocenters. The Hall–Kier alpha value is -1.82. The van der Waals surface area contributed by atoms with Gasteiger partial charge in [0.05, 0.1) is 22.7 Å². The highest BCUT2D eigenvalue weighted by atomic mass is 32.2. The molecule has 2 rings (SSSR count). The number of hydrogen-bond donors (Lipinski definition) is 1. The topological polar surface area (TPSA) is 56.0 Å². The highest BCUT2D eigenvalue weighted by molar-refractivity contribution is 7.84. The predicted octanol–water partition coefficient (Wildman–Crippen LogP) is 2.25.